The summed E-state index contributed by atoms with van der Waals surface area (Å²) in [7, 11) is 1.87. The molecule has 1 N–H and O–H groups in total. The Labute approximate surface area is 143 Å². The number of nitrogens with zero attached hydrogens (tertiary/aromatic N) is 2. The first-order valence-electron chi connectivity index (χ1n) is 7.76. The summed E-state index contributed by atoms with van der Waals surface area (Å²) >= 11 is 0. The van der Waals surface area contributed by atoms with Gasteiger partial charge >= 0.3 is 6.36 Å². The number of amides is 1. The summed E-state index contributed by atoms with van der Waals surface area (Å²) in [4.78, 5) is 11.9. The lowest BCUT2D eigenvalue weighted by Crippen LogP contribution is -2.27. The van der Waals surface area contributed by atoms with E-state index in [1.165, 1.54) is 24.3 Å². The molecular weight excluding hydrogens is 335 g/mol. The third kappa shape index (κ3) is 5.51. The first-order chi connectivity index (χ1) is 11.7. The van der Waals surface area contributed by atoms with Gasteiger partial charge in [-0.1, -0.05) is 12.1 Å². The monoisotopic (exact) mass is 355 g/mol. The number of ether oxygens (including phenoxy) is 1. The average Bonchev–Trinajstić information content (AvgIpc) is 2.74. The molecule has 0 saturated heterocycles. The van der Waals surface area contributed by atoms with Crippen LogP contribution in [0.4, 0.5) is 13.2 Å². The number of carbonyl (C=O) groups excluding carboxylic acids is 1. The third-order valence-electron chi connectivity index (χ3n) is 3.88. The van der Waals surface area contributed by atoms with Gasteiger partial charge in [0, 0.05) is 19.3 Å². The molecule has 0 aliphatic rings. The van der Waals surface area contributed by atoms with E-state index >= 15 is 0 Å². The summed E-state index contributed by atoms with van der Waals surface area (Å²) < 4.78 is 41.9. The van der Waals surface area contributed by atoms with Crippen LogP contribution < -0.4 is 10.1 Å². The first-order valence-corrected chi connectivity index (χ1v) is 7.76. The van der Waals surface area contributed by atoms with Crippen molar-refractivity contribution in [2.24, 2.45) is 7.05 Å². The van der Waals surface area contributed by atoms with Gasteiger partial charge in [-0.15, -0.1) is 13.2 Å². The Morgan fingerprint density at radius 2 is 1.88 bits per heavy atom. The Kier molecular flexibility index (Phi) is 5.71. The van der Waals surface area contributed by atoms with Crippen LogP contribution in [0.5, 0.6) is 5.75 Å². The van der Waals surface area contributed by atoms with Crippen LogP contribution in [0, 0.1) is 13.8 Å². The molecule has 1 amide bonds. The van der Waals surface area contributed by atoms with Crippen molar-refractivity contribution in [2.45, 2.75) is 33.1 Å². The SMILES string of the molecule is Cc1nn(C)c(C)c1CCNC(=O)Cc1ccc(OC(F)(F)F)cc1. The predicted molar refractivity (Wildman–Crippen MR) is 86.2 cm³/mol. The van der Waals surface area contributed by atoms with Crippen LogP contribution >= 0.6 is 0 Å². The largest absolute Gasteiger partial charge is 0.573 e. The van der Waals surface area contributed by atoms with Crippen molar-refractivity contribution in [2.75, 3.05) is 6.54 Å². The predicted octanol–water partition coefficient (Wildman–Crippen LogP) is 2.84. The number of carbonyl (C=O) groups is 1. The molecular formula is C17H20F3N3O2. The maximum atomic E-state index is 12.1. The van der Waals surface area contributed by atoms with Gasteiger partial charge < -0.3 is 10.1 Å². The standard InChI is InChI=1S/C17H20F3N3O2/c1-11-15(12(2)23(3)22-11)8-9-21-16(24)10-13-4-6-14(7-5-13)25-17(18,19)20/h4-7H,8-10H2,1-3H3,(H,21,24). The summed E-state index contributed by atoms with van der Waals surface area (Å²) in [5.41, 5.74) is 3.72. The molecule has 0 bridgehead atoms. The fraction of sp³-hybridized carbons (Fsp3) is 0.412. The van der Waals surface area contributed by atoms with Crippen molar-refractivity contribution in [3.8, 4) is 5.75 Å². The van der Waals surface area contributed by atoms with E-state index in [-0.39, 0.29) is 18.1 Å². The van der Waals surface area contributed by atoms with E-state index in [0.717, 1.165) is 17.0 Å². The Morgan fingerprint density at radius 1 is 1.24 bits per heavy atom. The van der Waals surface area contributed by atoms with Crippen molar-refractivity contribution < 1.29 is 22.7 Å². The van der Waals surface area contributed by atoms with E-state index in [1.807, 2.05) is 20.9 Å². The fourth-order valence-electron chi connectivity index (χ4n) is 2.56. The van der Waals surface area contributed by atoms with Gasteiger partial charge in [0.2, 0.25) is 5.91 Å². The van der Waals surface area contributed by atoms with Crippen LogP contribution in [0.3, 0.4) is 0 Å². The maximum absolute atomic E-state index is 12.1. The smallest absolute Gasteiger partial charge is 0.406 e. The molecule has 1 heterocycles. The number of halogens is 3. The van der Waals surface area contributed by atoms with E-state index in [4.69, 9.17) is 0 Å². The Balaban J connectivity index is 1.82. The van der Waals surface area contributed by atoms with Gasteiger partial charge in [-0.05, 0) is 43.5 Å². The van der Waals surface area contributed by atoms with Gasteiger partial charge in [0.25, 0.3) is 0 Å². The van der Waals surface area contributed by atoms with Gasteiger partial charge in [-0.2, -0.15) is 5.10 Å². The summed E-state index contributed by atoms with van der Waals surface area (Å²) in [6.07, 6.45) is -3.95. The van der Waals surface area contributed by atoms with Gasteiger partial charge in [0.1, 0.15) is 5.75 Å². The molecule has 0 atom stereocenters. The Morgan fingerprint density at radius 3 is 2.40 bits per heavy atom. The minimum absolute atomic E-state index is 0.0945. The zero-order chi connectivity index (χ0) is 18.6. The van der Waals surface area contributed by atoms with Crippen molar-refractivity contribution in [1.29, 1.82) is 0 Å². The molecule has 0 fully saturated rings. The zero-order valence-electron chi connectivity index (χ0n) is 14.3. The van der Waals surface area contributed by atoms with E-state index in [0.29, 0.717) is 18.5 Å². The summed E-state index contributed by atoms with van der Waals surface area (Å²) in [6.45, 7) is 4.37. The van der Waals surface area contributed by atoms with Crippen LogP contribution in [0.1, 0.15) is 22.5 Å². The molecule has 5 nitrogen and oxygen atoms in total. The zero-order valence-corrected chi connectivity index (χ0v) is 14.3. The normalized spacial score (nSPS) is 11.4. The molecule has 0 unspecified atom stereocenters. The van der Waals surface area contributed by atoms with Crippen molar-refractivity contribution in [3.05, 3.63) is 46.8 Å². The molecule has 0 aliphatic carbocycles. The lowest BCUT2D eigenvalue weighted by Gasteiger charge is -2.09. The second-order valence-electron chi connectivity index (χ2n) is 5.74. The topological polar surface area (TPSA) is 56.2 Å². The van der Waals surface area contributed by atoms with Crippen LogP contribution in [0.15, 0.2) is 24.3 Å². The Bertz CT molecular complexity index is 737. The molecule has 2 rings (SSSR count). The maximum Gasteiger partial charge on any atom is 0.573 e. The van der Waals surface area contributed by atoms with Crippen molar-refractivity contribution in [1.82, 2.24) is 15.1 Å². The number of hydrogen-bond donors (Lipinski definition) is 1. The lowest BCUT2D eigenvalue weighted by atomic mass is 10.1. The van der Waals surface area contributed by atoms with E-state index < -0.39 is 6.36 Å². The number of hydrogen-bond acceptors (Lipinski definition) is 3. The molecule has 8 heteroatoms. The molecule has 0 saturated carbocycles. The summed E-state index contributed by atoms with van der Waals surface area (Å²) in [5, 5.41) is 7.13. The van der Waals surface area contributed by atoms with E-state index in [1.54, 1.807) is 4.68 Å². The minimum atomic E-state index is -4.72. The molecule has 1 aromatic heterocycles. The third-order valence-corrected chi connectivity index (χ3v) is 3.88. The summed E-state index contributed by atoms with van der Waals surface area (Å²) in [5.74, 6) is -0.497. The van der Waals surface area contributed by atoms with Crippen LogP contribution in [0.25, 0.3) is 0 Å². The highest BCUT2D eigenvalue weighted by atomic mass is 19.4. The van der Waals surface area contributed by atoms with Gasteiger partial charge in [-0.3, -0.25) is 9.48 Å². The lowest BCUT2D eigenvalue weighted by molar-refractivity contribution is -0.274. The van der Waals surface area contributed by atoms with Crippen LogP contribution in [-0.2, 0) is 24.7 Å². The van der Waals surface area contributed by atoms with E-state index in [2.05, 4.69) is 15.2 Å². The molecule has 1 aromatic carbocycles. The molecule has 25 heavy (non-hydrogen) atoms. The molecule has 0 aliphatic heterocycles. The quantitative estimate of drug-likeness (QED) is 0.867. The first kappa shape index (κ1) is 18.8. The highest BCUT2D eigenvalue weighted by molar-refractivity contribution is 5.78. The molecule has 0 spiro atoms. The number of benzene rings is 1. The van der Waals surface area contributed by atoms with Gasteiger partial charge in [0.05, 0.1) is 12.1 Å². The second kappa shape index (κ2) is 7.58. The van der Waals surface area contributed by atoms with E-state index in [9.17, 15) is 18.0 Å². The summed E-state index contributed by atoms with van der Waals surface area (Å²) in [6, 6.07) is 5.27. The minimum Gasteiger partial charge on any atom is -0.406 e. The number of aryl methyl sites for hydroxylation is 2. The van der Waals surface area contributed by atoms with Crippen LogP contribution in [0.2, 0.25) is 0 Å². The van der Waals surface area contributed by atoms with Crippen molar-refractivity contribution in [3.63, 3.8) is 0 Å². The highest BCUT2D eigenvalue weighted by Crippen LogP contribution is 2.22. The number of nitrogens with one attached hydrogen (secondary N) is 1. The van der Waals surface area contributed by atoms with Crippen LogP contribution in [-0.4, -0.2) is 28.6 Å². The number of alkyl halides is 3. The Hall–Kier alpha value is -2.51. The molecule has 2 aromatic rings. The highest BCUT2D eigenvalue weighted by Gasteiger charge is 2.30. The fourth-order valence-corrected chi connectivity index (χ4v) is 2.56. The van der Waals surface area contributed by atoms with Gasteiger partial charge in [-0.25, -0.2) is 0 Å². The van der Waals surface area contributed by atoms with Gasteiger partial charge in [0.15, 0.2) is 0 Å². The average molecular weight is 355 g/mol. The second-order valence-corrected chi connectivity index (χ2v) is 5.74. The molecule has 0 radical (unpaired) electrons. The number of aromatic nitrogens is 2. The molecule has 136 valence electrons. The van der Waals surface area contributed by atoms with Crippen molar-refractivity contribution >= 4 is 5.91 Å². The number of rotatable bonds is 6.